The second-order valence-corrected chi connectivity index (χ2v) is 6.55. The third-order valence-corrected chi connectivity index (χ3v) is 4.47. The highest BCUT2D eigenvalue weighted by atomic mass is 16.2. The maximum atomic E-state index is 12.5. The standard InChI is InChI=1S/C24H24N2O2/c27-22(17-10-18-25-24(28)21-15-8-3-9-16-21)26-23(19-11-4-1-5-12-19)20-13-6-2-7-14-20/h1-9,11-16,23H,10,17-18H2,(H,25,28)(H,26,27). The zero-order chi connectivity index (χ0) is 19.6. The van der Waals surface area contributed by atoms with E-state index in [2.05, 4.69) is 10.6 Å². The van der Waals surface area contributed by atoms with Crippen molar-refractivity contribution in [1.29, 1.82) is 0 Å². The van der Waals surface area contributed by atoms with Gasteiger partial charge in [0.15, 0.2) is 0 Å². The molecular weight excluding hydrogens is 348 g/mol. The molecule has 0 unspecified atom stereocenters. The lowest BCUT2D eigenvalue weighted by atomic mass is 9.98. The topological polar surface area (TPSA) is 58.2 Å². The van der Waals surface area contributed by atoms with Crippen molar-refractivity contribution in [2.75, 3.05) is 6.54 Å². The second-order valence-electron chi connectivity index (χ2n) is 6.55. The Morgan fingerprint density at radius 3 is 1.75 bits per heavy atom. The molecule has 0 radical (unpaired) electrons. The minimum Gasteiger partial charge on any atom is -0.352 e. The van der Waals surface area contributed by atoms with E-state index in [1.165, 1.54) is 0 Å². The third kappa shape index (κ3) is 5.55. The van der Waals surface area contributed by atoms with Crippen molar-refractivity contribution in [3.8, 4) is 0 Å². The number of rotatable bonds is 8. The average Bonchev–Trinajstić information content (AvgIpc) is 2.76. The molecule has 0 spiro atoms. The van der Waals surface area contributed by atoms with Crippen LogP contribution in [0.2, 0.25) is 0 Å². The molecule has 4 nitrogen and oxygen atoms in total. The van der Waals surface area contributed by atoms with E-state index in [9.17, 15) is 9.59 Å². The highest BCUT2D eigenvalue weighted by Gasteiger charge is 2.16. The Morgan fingerprint density at radius 1 is 0.714 bits per heavy atom. The quantitative estimate of drug-likeness (QED) is 0.585. The first kappa shape index (κ1) is 19.4. The van der Waals surface area contributed by atoms with Gasteiger partial charge in [-0.3, -0.25) is 9.59 Å². The summed E-state index contributed by atoms with van der Waals surface area (Å²) in [4.78, 5) is 24.5. The van der Waals surface area contributed by atoms with E-state index < -0.39 is 0 Å². The van der Waals surface area contributed by atoms with E-state index in [0.717, 1.165) is 11.1 Å². The zero-order valence-corrected chi connectivity index (χ0v) is 15.7. The summed E-state index contributed by atoms with van der Waals surface area (Å²) in [5.41, 5.74) is 2.71. The van der Waals surface area contributed by atoms with Gasteiger partial charge in [-0.05, 0) is 29.7 Å². The molecule has 3 aromatic carbocycles. The molecule has 0 aliphatic heterocycles. The first-order valence-electron chi connectivity index (χ1n) is 9.46. The Kier molecular flexibility index (Phi) is 6.96. The summed E-state index contributed by atoms with van der Waals surface area (Å²) >= 11 is 0. The van der Waals surface area contributed by atoms with Crippen molar-refractivity contribution in [2.24, 2.45) is 0 Å². The Hall–Kier alpha value is -3.40. The molecule has 0 aliphatic carbocycles. The largest absolute Gasteiger partial charge is 0.352 e. The molecule has 0 atom stereocenters. The molecule has 0 saturated carbocycles. The van der Waals surface area contributed by atoms with Crippen molar-refractivity contribution in [1.82, 2.24) is 10.6 Å². The molecule has 3 rings (SSSR count). The number of nitrogens with one attached hydrogen (secondary N) is 2. The Morgan fingerprint density at radius 2 is 1.21 bits per heavy atom. The van der Waals surface area contributed by atoms with Gasteiger partial charge in [0.25, 0.3) is 5.91 Å². The van der Waals surface area contributed by atoms with Gasteiger partial charge in [-0.1, -0.05) is 78.9 Å². The zero-order valence-electron chi connectivity index (χ0n) is 15.7. The van der Waals surface area contributed by atoms with Crippen molar-refractivity contribution >= 4 is 11.8 Å². The van der Waals surface area contributed by atoms with E-state index in [4.69, 9.17) is 0 Å². The van der Waals surface area contributed by atoms with E-state index in [1.807, 2.05) is 78.9 Å². The third-order valence-electron chi connectivity index (χ3n) is 4.47. The molecule has 142 valence electrons. The molecule has 2 amide bonds. The summed E-state index contributed by atoms with van der Waals surface area (Å²) in [5, 5.41) is 5.97. The van der Waals surface area contributed by atoms with Crippen LogP contribution in [0.25, 0.3) is 0 Å². The molecule has 4 heteroatoms. The van der Waals surface area contributed by atoms with Crippen molar-refractivity contribution in [3.05, 3.63) is 108 Å². The van der Waals surface area contributed by atoms with Crippen LogP contribution in [-0.4, -0.2) is 18.4 Å². The minimum atomic E-state index is -0.186. The molecule has 2 N–H and O–H groups in total. The smallest absolute Gasteiger partial charge is 0.251 e. The SMILES string of the molecule is O=C(CCCNC(=O)c1ccccc1)NC(c1ccccc1)c1ccccc1. The van der Waals surface area contributed by atoms with Crippen LogP contribution >= 0.6 is 0 Å². The van der Waals surface area contributed by atoms with Gasteiger partial charge >= 0.3 is 0 Å². The van der Waals surface area contributed by atoms with E-state index in [0.29, 0.717) is 24.9 Å². The number of carbonyl (C=O) groups is 2. The average molecular weight is 372 g/mol. The monoisotopic (exact) mass is 372 g/mol. The van der Waals surface area contributed by atoms with Crippen LogP contribution in [0, 0.1) is 0 Å². The number of benzene rings is 3. The summed E-state index contributed by atoms with van der Waals surface area (Å²) < 4.78 is 0. The summed E-state index contributed by atoms with van der Waals surface area (Å²) in [6, 6.07) is 28.7. The Bertz CT molecular complexity index is 841. The Balaban J connectivity index is 1.52. The molecule has 28 heavy (non-hydrogen) atoms. The summed E-state index contributed by atoms with van der Waals surface area (Å²) in [6.07, 6.45) is 0.936. The fourth-order valence-electron chi connectivity index (χ4n) is 3.03. The normalized spacial score (nSPS) is 10.5. The van der Waals surface area contributed by atoms with Crippen molar-refractivity contribution in [2.45, 2.75) is 18.9 Å². The molecule has 0 saturated heterocycles. The van der Waals surface area contributed by atoms with Crippen LogP contribution in [0.1, 0.15) is 40.4 Å². The van der Waals surface area contributed by atoms with Crippen LogP contribution in [-0.2, 0) is 4.79 Å². The minimum absolute atomic E-state index is 0.0355. The van der Waals surface area contributed by atoms with Gasteiger partial charge in [-0.25, -0.2) is 0 Å². The maximum absolute atomic E-state index is 12.5. The molecule has 0 bridgehead atoms. The van der Waals surface area contributed by atoms with Gasteiger partial charge in [0.2, 0.25) is 5.91 Å². The number of amides is 2. The first-order valence-corrected chi connectivity index (χ1v) is 9.46. The lowest BCUT2D eigenvalue weighted by Gasteiger charge is -2.20. The summed E-state index contributed by atoms with van der Waals surface area (Å²) in [7, 11) is 0. The van der Waals surface area contributed by atoms with Gasteiger partial charge < -0.3 is 10.6 Å². The fourth-order valence-corrected chi connectivity index (χ4v) is 3.03. The predicted octanol–water partition coefficient (Wildman–Crippen LogP) is 4.10. The first-order chi connectivity index (χ1) is 13.7. The number of carbonyl (C=O) groups excluding carboxylic acids is 2. The molecule has 3 aromatic rings. The van der Waals surface area contributed by atoms with Gasteiger partial charge in [0, 0.05) is 18.5 Å². The molecule has 0 aromatic heterocycles. The predicted molar refractivity (Wildman–Crippen MR) is 111 cm³/mol. The number of hydrogen-bond acceptors (Lipinski definition) is 2. The van der Waals surface area contributed by atoms with Gasteiger partial charge in [0.1, 0.15) is 0 Å². The lowest BCUT2D eigenvalue weighted by molar-refractivity contribution is -0.121. The van der Waals surface area contributed by atoms with E-state index >= 15 is 0 Å². The highest BCUT2D eigenvalue weighted by Crippen LogP contribution is 2.21. The summed E-state index contributed by atoms with van der Waals surface area (Å²) in [5.74, 6) is -0.154. The van der Waals surface area contributed by atoms with Crippen molar-refractivity contribution in [3.63, 3.8) is 0 Å². The molecule has 0 fully saturated rings. The Labute approximate surface area is 165 Å². The molecular formula is C24H24N2O2. The molecule has 0 heterocycles. The fraction of sp³-hybridized carbons (Fsp3) is 0.167. The van der Waals surface area contributed by atoms with Crippen LogP contribution in [0.15, 0.2) is 91.0 Å². The van der Waals surface area contributed by atoms with E-state index in [1.54, 1.807) is 12.1 Å². The van der Waals surface area contributed by atoms with Crippen LogP contribution in [0.3, 0.4) is 0 Å². The van der Waals surface area contributed by atoms with Gasteiger partial charge in [-0.15, -0.1) is 0 Å². The van der Waals surface area contributed by atoms with Gasteiger partial charge in [-0.2, -0.15) is 0 Å². The number of hydrogen-bond donors (Lipinski definition) is 2. The van der Waals surface area contributed by atoms with Gasteiger partial charge in [0.05, 0.1) is 6.04 Å². The second kappa shape index (κ2) is 10.1. The lowest BCUT2D eigenvalue weighted by Crippen LogP contribution is -2.30. The highest BCUT2D eigenvalue weighted by molar-refractivity contribution is 5.94. The molecule has 0 aliphatic rings. The maximum Gasteiger partial charge on any atom is 0.251 e. The van der Waals surface area contributed by atoms with Crippen molar-refractivity contribution < 1.29 is 9.59 Å². The van der Waals surface area contributed by atoms with E-state index in [-0.39, 0.29) is 17.9 Å². The van der Waals surface area contributed by atoms with Crippen LogP contribution < -0.4 is 10.6 Å². The summed E-state index contributed by atoms with van der Waals surface area (Å²) in [6.45, 7) is 0.461. The van der Waals surface area contributed by atoms with Crippen LogP contribution in [0.4, 0.5) is 0 Å². The van der Waals surface area contributed by atoms with Crippen LogP contribution in [0.5, 0.6) is 0 Å².